The molecule has 1 atom stereocenters. The van der Waals surface area contributed by atoms with Gasteiger partial charge in [-0.05, 0) is 24.3 Å². The molecule has 0 spiro atoms. The third kappa shape index (κ3) is 3.36. The molecule has 7 heteroatoms. The van der Waals surface area contributed by atoms with Gasteiger partial charge in [0.1, 0.15) is 5.01 Å². The van der Waals surface area contributed by atoms with Gasteiger partial charge in [-0.2, -0.15) is 11.3 Å². The molecule has 0 aromatic carbocycles. The van der Waals surface area contributed by atoms with Crippen molar-refractivity contribution >= 4 is 34.5 Å². The summed E-state index contributed by atoms with van der Waals surface area (Å²) in [5, 5.41) is 6.93. The lowest BCUT2D eigenvalue weighted by atomic mass is 9.97. The second kappa shape index (κ2) is 6.58. The number of hydrogen-bond acceptors (Lipinski definition) is 5. The number of piperidine rings is 1. The van der Waals surface area contributed by atoms with Crippen LogP contribution >= 0.6 is 22.7 Å². The zero-order valence-corrected chi connectivity index (χ0v) is 13.7. The molecule has 0 bridgehead atoms. The first kappa shape index (κ1) is 15.2. The van der Waals surface area contributed by atoms with Crippen molar-refractivity contribution in [1.82, 2.24) is 9.88 Å². The van der Waals surface area contributed by atoms with Crippen molar-refractivity contribution < 1.29 is 9.59 Å². The number of primary amides is 1. The first-order valence-electron chi connectivity index (χ1n) is 7.17. The summed E-state index contributed by atoms with van der Waals surface area (Å²) in [6, 6.07) is 2.02. The van der Waals surface area contributed by atoms with E-state index < -0.39 is 0 Å². The number of thiazole rings is 1. The molecule has 2 aromatic heterocycles. The summed E-state index contributed by atoms with van der Waals surface area (Å²) in [6.07, 6.45) is 1.89. The van der Waals surface area contributed by atoms with E-state index in [2.05, 4.69) is 4.98 Å². The van der Waals surface area contributed by atoms with Gasteiger partial charge in [-0.15, -0.1) is 11.3 Å². The maximum atomic E-state index is 12.4. The predicted molar refractivity (Wildman–Crippen MR) is 87.6 cm³/mol. The molecular weight excluding hydrogens is 318 g/mol. The third-order valence-electron chi connectivity index (χ3n) is 3.83. The lowest BCUT2D eigenvalue weighted by Crippen LogP contribution is -2.44. The zero-order valence-electron chi connectivity index (χ0n) is 12.0. The number of carbonyl (C=O) groups is 2. The van der Waals surface area contributed by atoms with Crippen LogP contribution in [0.1, 0.15) is 18.5 Å². The monoisotopic (exact) mass is 335 g/mol. The first-order chi connectivity index (χ1) is 10.6. The minimum absolute atomic E-state index is 0.0214. The van der Waals surface area contributed by atoms with Crippen LogP contribution < -0.4 is 5.73 Å². The van der Waals surface area contributed by atoms with Gasteiger partial charge in [0.25, 0.3) is 0 Å². The summed E-state index contributed by atoms with van der Waals surface area (Å²) in [4.78, 5) is 29.9. The predicted octanol–water partition coefficient (Wildman–Crippen LogP) is 2.14. The zero-order chi connectivity index (χ0) is 15.5. The molecule has 1 aliphatic heterocycles. The molecule has 0 aliphatic carbocycles. The molecule has 5 nitrogen and oxygen atoms in total. The third-order valence-corrected chi connectivity index (χ3v) is 5.45. The Balaban J connectivity index is 1.63. The molecule has 1 saturated heterocycles. The lowest BCUT2D eigenvalue weighted by molar-refractivity contribution is -0.134. The SMILES string of the molecule is NC(=O)C1CCCN(C(=O)Cc2csc(-c3ccsc3)n2)C1. The highest BCUT2D eigenvalue weighted by Crippen LogP contribution is 2.26. The molecule has 116 valence electrons. The second-order valence-corrected chi connectivity index (χ2v) is 7.05. The van der Waals surface area contributed by atoms with Crippen LogP contribution in [0, 0.1) is 5.92 Å². The van der Waals surface area contributed by atoms with Crippen LogP contribution in [0.2, 0.25) is 0 Å². The number of nitrogens with two attached hydrogens (primary N) is 1. The highest BCUT2D eigenvalue weighted by atomic mass is 32.1. The van der Waals surface area contributed by atoms with E-state index in [-0.39, 0.29) is 24.2 Å². The Morgan fingerprint density at radius 3 is 3.00 bits per heavy atom. The number of hydrogen-bond donors (Lipinski definition) is 1. The van der Waals surface area contributed by atoms with Crippen LogP contribution in [0.15, 0.2) is 22.2 Å². The van der Waals surface area contributed by atoms with Crippen LogP contribution in [-0.4, -0.2) is 34.8 Å². The Bertz CT molecular complexity index is 666. The van der Waals surface area contributed by atoms with Gasteiger partial charge in [0.05, 0.1) is 18.0 Å². The molecule has 1 unspecified atom stereocenters. The number of aromatic nitrogens is 1. The standard InChI is InChI=1S/C15H17N3O2S2/c16-14(20)10-2-1-4-18(7-10)13(19)6-12-9-22-15(17-12)11-3-5-21-8-11/h3,5,8-10H,1-2,4,6-7H2,(H2,16,20). The van der Waals surface area contributed by atoms with E-state index in [4.69, 9.17) is 5.73 Å². The smallest absolute Gasteiger partial charge is 0.228 e. The van der Waals surface area contributed by atoms with Crippen molar-refractivity contribution in [3.05, 3.63) is 27.9 Å². The fourth-order valence-electron chi connectivity index (χ4n) is 2.61. The fourth-order valence-corrected chi connectivity index (χ4v) is 4.14. The summed E-state index contributed by atoms with van der Waals surface area (Å²) in [5.74, 6) is -0.506. The topological polar surface area (TPSA) is 76.3 Å². The van der Waals surface area contributed by atoms with Crippen molar-refractivity contribution in [2.75, 3.05) is 13.1 Å². The van der Waals surface area contributed by atoms with Crippen LogP contribution in [0.25, 0.3) is 10.6 Å². The first-order valence-corrected chi connectivity index (χ1v) is 9.00. The number of rotatable bonds is 4. The van der Waals surface area contributed by atoms with Crippen molar-refractivity contribution in [1.29, 1.82) is 0 Å². The van der Waals surface area contributed by atoms with Crippen LogP contribution in [-0.2, 0) is 16.0 Å². The molecule has 3 rings (SSSR count). The van der Waals surface area contributed by atoms with Crippen molar-refractivity contribution in [2.45, 2.75) is 19.3 Å². The average Bonchev–Trinajstić information content (AvgIpc) is 3.18. The summed E-state index contributed by atoms with van der Waals surface area (Å²) in [7, 11) is 0. The fraction of sp³-hybridized carbons (Fsp3) is 0.400. The van der Waals surface area contributed by atoms with Gasteiger partial charge in [0.15, 0.2) is 0 Å². The molecule has 1 fully saturated rings. The van der Waals surface area contributed by atoms with Gasteiger partial charge < -0.3 is 10.6 Å². The van der Waals surface area contributed by atoms with E-state index in [9.17, 15) is 9.59 Å². The minimum Gasteiger partial charge on any atom is -0.369 e. The van der Waals surface area contributed by atoms with Crippen LogP contribution in [0.3, 0.4) is 0 Å². The summed E-state index contributed by atoms with van der Waals surface area (Å²) in [5.41, 5.74) is 7.24. The minimum atomic E-state index is -0.314. The van der Waals surface area contributed by atoms with Gasteiger partial charge in [-0.3, -0.25) is 9.59 Å². The maximum absolute atomic E-state index is 12.4. The number of amides is 2. The Labute approximate surface area is 136 Å². The van der Waals surface area contributed by atoms with Gasteiger partial charge in [0.2, 0.25) is 11.8 Å². The van der Waals surface area contributed by atoms with Crippen molar-refractivity contribution in [3.63, 3.8) is 0 Å². The number of carbonyl (C=O) groups excluding carboxylic acids is 2. The van der Waals surface area contributed by atoms with Crippen LogP contribution in [0.4, 0.5) is 0 Å². The van der Waals surface area contributed by atoms with Crippen molar-refractivity contribution in [3.8, 4) is 10.6 Å². The average molecular weight is 335 g/mol. The van der Waals surface area contributed by atoms with E-state index in [1.807, 2.05) is 22.2 Å². The summed E-state index contributed by atoms with van der Waals surface area (Å²) in [6.45, 7) is 1.14. The molecule has 1 aliphatic rings. The highest BCUT2D eigenvalue weighted by Gasteiger charge is 2.27. The Kier molecular flexibility index (Phi) is 4.54. The lowest BCUT2D eigenvalue weighted by Gasteiger charge is -2.31. The second-order valence-electron chi connectivity index (χ2n) is 5.41. The quantitative estimate of drug-likeness (QED) is 0.930. The Hall–Kier alpha value is -1.73. The largest absolute Gasteiger partial charge is 0.369 e. The molecule has 0 radical (unpaired) electrons. The van der Waals surface area contributed by atoms with E-state index in [0.29, 0.717) is 13.1 Å². The molecule has 2 amide bonds. The molecule has 0 saturated carbocycles. The molecule has 2 aromatic rings. The molecule has 2 N–H and O–H groups in total. The maximum Gasteiger partial charge on any atom is 0.228 e. The summed E-state index contributed by atoms with van der Waals surface area (Å²) < 4.78 is 0. The normalized spacial score (nSPS) is 18.4. The molecular formula is C15H17N3O2S2. The molecule has 3 heterocycles. The van der Waals surface area contributed by atoms with Gasteiger partial charge >= 0.3 is 0 Å². The van der Waals surface area contributed by atoms with E-state index in [1.165, 1.54) is 0 Å². The molecule has 22 heavy (non-hydrogen) atoms. The highest BCUT2D eigenvalue weighted by molar-refractivity contribution is 7.14. The Morgan fingerprint density at radius 1 is 1.41 bits per heavy atom. The van der Waals surface area contributed by atoms with E-state index >= 15 is 0 Å². The van der Waals surface area contributed by atoms with E-state index in [1.54, 1.807) is 27.6 Å². The van der Waals surface area contributed by atoms with Gasteiger partial charge in [-0.25, -0.2) is 4.98 Å². The number of likely N-dealkylation sites (tertiary alicyclic amines) is 1. The van der Waals surface area contributed by atoms with Gasteiger partial charge in [-0.1, -0.05) is 0 Å². The summed E-state index contributed by atoms with van der Waals surface area (Å²) >= 11 is 3.18. The van der Waals surface area contributed by atoms with Crippen LogP contribution in [0.5, 0.6) is 0 Å². The van der Waals surface area contributed by atoms with E-state index in [0.717, 1.165) is 29.1 Å². The Morgan fingerprint density at radius 2 is 2.27 bits per heavy atom. The number of thiophene rings is 1. The van der Waals surface area contributed by atoms with Gasteiger partial charge in [0, 0.05) is 29.4 Å². The number of nitrogens with zero attached hydrogens (tertiary/aromatic N) is 2. The van der Waals surface area contributed by atoms with Crippen molar-refractivity contribution in [2.24, 2.45) is 11.7 Å².